The van der Waals surface area contributed by atoms with Crippen LogP contribution in [0.1, 0.15) is 19.9 Å². The Hall–Kier alpha value is -0.740. The van der Waals surface area contributed by atoms with E-state index in [0.29, 0.717) is 10.8 Å². The van der Waals surface area contributed by atoms with Crippen LogP contribution in [0.5, 0.6) is 0 Å². The molecule has 5 heteroatoms. The fourth-order valence-electron chi connectivity index (χ4n) is 0.868. The van der Waals surface area contributed by atoms with Gasteiger partial charge in [-0.05, 0) is 13.8 Å². The van der Waals surface area contributed by atoms with Gasteiger partial charge in [0.15, 0.2) is 5.82 Å². The summed E-state index contributed by atoms with van der Waals surface area (Å²) in [7, 11) is 0. The van der Waals surface area contributed by atoms with E-state index in [1.165, 1.54) is 0 Å². The molecule has 0 spiro atoms. The summed E-state index contributed by atoms with van der Waals surface area (Å²) in [6.45, 7) is 4.01. The lowest BCUT2D eigenvalue weighted by atomic mass is 10.4. The zero-order chi connectivity index (χ0) is 8.43. The molecule has 3 N–H and O–H groups in total. The second-order valence-corrected chi connectivity index (χ2v) is 2.93. The van der Waals surface area contributed by atoms with E-state index >= 15 is 0 Å². The van der Waals surface area contributed by atoms with Crippen molar-refractivity contribution in [3.63, 3.8) is 0 Å². The Morgan fingerprint density at radius 2 is 2.36 bits per heavy atom. The van der Waals surface area contributed by atoms with Gasteiger partial charge in [0.1, 0.15) is 5.02 Å². The van der Waals surface area contributed by atoms with Crippen molar-refractivity contribution in [3.8, 4) is 0 Å². The molecule has 0 aliphatic rings. The number of anilines is 1. The van der Waals surface area contributed by atoms with E-state index in [1.807, 2.05) is 13.8 Å². The van der Waals surface area contributed by atoms with Gasteiger partial charge < -0.3 is 5.43 Å². The molecule has 0 radical (unpaired) electrons. The van der Waals surface area contributed by atoms with Gasteiger partial charge in [0.05, 0.1) is 6.20 Å². The summed E-state index contributed by atoms with van der Waals surface area (Å²) in [6, 6.07) is 0.258. The van der Waals surface area contributed by atoms with Crippen molar-refractivity contribution in [1.29, 1.82) is 0 Å². The summed E-state index contributed by atoms with van der Waals surface area (Å²) in [5, 5.41) is 4.57. The lowest BCUT2D eigenvalue weighted by Gasteiger charge is -2.09. The number of nitrogens with two attached hydrogens (primary N) is 1. The van der Waals surface area contributed by atoms with Crippen molar-refractivity contribution in [2.24, 2.45) is 5.84 Å². The van der Waals surface area contributed by atoms with Crippen LogP contribution in [0.2, 0.25) is 5.02 Å². The maximum atomic E-state index is 5.76. The Morgan fingerprint density at radius 3 is 2.73 bits per heavy atom. The van der Waals surface area contributed by atoms with Crippen LogP contribution in [0.4, 0.5) is 5.82 Å². The molecule has 0 saturated heterocycles. The molecule has 4 nitrogen and oxygen atoms in total. The lowest BCUT2D eigenvalue weighted by Crippen LogP contribution is -2.14. The van der Waals surface area contributed by atoms with Gasteiger partial charge in [0.25, 0.3) is 0 Å². The molecular weight excluding hydrogens is 164 g/mol. The molecule has 0 aliphatic heterocycles. The monoisotopic (exact) mass is 174 g/mol. The Balaban J connectivity index is 3.05. The quantitative estimate of drug-likeness (QED) is 0.527. The molecule has 1 aromatic heterocycles. The number of rotatable bonds is 2. The van der Waals surface area contributed by atoms with Gasteiger partial charge in [-0.1, -0.05) is 11.6 Å². The number of hydrazine groups is 1. The molecule has 0 atom stereocenters. The number of hydrogen-bond donors (Lipinski definition) is 2. The van der Waals surface area contributed by atoms with E-state index in [9.17, 15) is 0 Å². The number of nitrogens with zero attached hydrogens (tertiary/aromatic N) is 2. The summed E-state index contributed by atoms with van der Waals surface area (Å²) in [6.07, 6.45) is 1.57. The highest BCUT2D eigenvalue weighted by Crippen LogP contribution is 2.22. The van der Waals surface area contributed by atoms with Gasteiger partial charge in [-0.25, -0.2) is 10.5 Å². The smallest absolute Gasteiger partial charge is 0.157 e. The third kappa shape index (κ3) is 1.46. The Labute approximate surface area is 70.3 Å². The second kappa shape index (κ2) is 3.11. The van der Waals surface area contributed by atoms with Crippen molar-refractivity contribution >= 4 is 17.4 Å². The first-order valence-corrected chi connectivity index (χ1v) is 3.74. The Morgan fingerprint density at radius 1 is 1.73 bits per heavy atom. The van der Waals surface area contributed by atoms with Gasteiger partial charge in [-0.15, -0.1) is 0 Å². The average molecular weight is 175 g/mol. The highest BCUT2D eigenvalue weighted by atomic mass is 35.5. The largest absolute Gasteiger partial charge is 0.307 e. The molecule has 0 unspecified atom stereocenters. The first-order chi connectivity index (χ1) is 5.16. The SMILES string of the molecule is CC(C)n1ncc(Cl)c1NN. The summed E-state index contributed by atoms with van der Waals surface area (Å²) >= 11 is 5.76. The van der Waals surface area contributed by atoms with Crippen LogP contribution in [-0.2, 0) is 0 Å². The maximum Gasteiger partial charge on any atom is 0.157 e. The fourth-order valence-corrected chi connectivity index (χ4v) is 1.05. The van der Waals surface area contributed by atoms with Crippen LogP contribution in [0.3, 0.4) is 0 Å². The van der Waals surface area contributed by atoms with Crippen LogP contribution in [0.15, 0.2) is 6.20 Å². The van der Waals surface area contributed by atoms with Gasteiger partial charge in [-0.2, -0.15) is 5.10 Å². The van der Waals surface area contributed by atoms with Gasteiger partial charge in [0.2, 0.25) is 0 Å². The minimum atomic E-state index is 0.258. The lowest BCUT2D eigenvalue weighted by molar-refractivity contribution is 0.538. The number of nitrogens with one attached hydrogen (secondary N) is 1. The van der Waals surface area contributed by atoms with E-state index < -0.39 is 0 Å². The Bertz CT molecular complexity index is 243. The zero-order valence-corrected chi connectivity index (χ0v) is 7.26. The minimum Gasteiger partial charge on any atom is -0.307 e. The van der Waals surface area contributed by atoms with Gasteiger partial charge in [0, 0.05) is 6.04 Å². The molecule has 1 rings (SSSR count). The molecule has 0 saturated carbocycles. The van der Waals surface area contributed by atoms with Crippen molar-refractivity contribution in [3.05, 3.63) is 11.2 Å². The van der Waals surface area contributed by atoms with Crippen molar-refractivity contribution in [1.82, 2.24) is 9.78 Å². The molecule has 62 valence electrons. The van der Waals surface area contributed by atoms with Crippen LogP contribution in [0.25, 0.3) is 0 Å². The van der Waals surface area contributed by atoms with Crippen molar-refractivity contribution in [2.45, 2.75) is 19.9 Å². The van der Waals surface area contributed by atoms with Crippen LogP contribution in [-0.4, -0.2) is 9.78 Å². The molecule has 1 aromatic rings. The van der Waals surface area contributed by atoms with E-state index in [4.69, 9.17) is 17.4 Å². The van der Waals surface area contributed by atoms with Crippen LogP contribution >= 0.6 is 11.6 Å². The van der Waals surface area contributed by atoms with E-state index in [-0.39, 0.29) is 6.04 Å². The molecule has 0 fully saturated rings. The van der Waals surface area contributed by atoms with E-state index in [0.717, 1.165) is 0 Å². The zero-order valence-electron chi connectivity index (χ0n) is 6.50. The Kier molecular flexibility index (Phi) is 2.36. The van der Waals surface area contributed by atoms with Crippen LogP contribution in [0, 0.1) is 0 Å². The highest BCUT2D eigenvalue weighted by Gasteiger charge is 2.08. The van der Waals surface area contributed by atoms with E-state index in [2.05, 4.69) is 10.5 Å². The van der Waals surface area contributed by atoms with Gasteiger partial charge in [-0.3, -0.25) is 0 Å². The summed E-state index contributed by atoms with van der Waals surface area (Å²) in [5.74, 6) is 5.89. The maximum absolute atomic E-state index is 5.76. The molecule has 0 aromatic carbocycles. The average Bonchev–Trinajstić information content (AvgIpc) is 2.30. The minimum absolute atomic E-state index is 0.258. The third-order valence-electron chi connectivity index (χ3n) is 1.38. The fraction of sp³-hybridized carbons (Fsp3) is 0.500. The first-order valence-electron chi connectivity index (χ1n) is 3.36. The number of hydrogen-bond acceptors (Lipinski definition) is 3. The predicted octanol–water partition coefficient (Wildman–Crippen LogP) is 1.40. The molecular formula is C6H11ClN4. The molecule has 1 heterocycles. The molecule has 11 heavy (non-hydrogen) atoms. The molecule has 0 amide bonds. The van der Waals surface area contributed by atoms with Gasteiger partial charge >= 0.3 is 0 Å². The van der Waals surface area contributed by atoms with E-state index in [1.54, 1.807) is 10.9 Å². The number of nitrogen functional groups attached to an aromatic ring is 1. The molecule has 0 bridgehead atoms. The second-order valence-electron chi connectivity index (χ2n) is 2.52. The predicted molar refractivity (Wildman–Crippen MR) is 45.4 cm³/mol. The summed E-state index contributed by atoms with van der Waals surface area (Å²) < 4.78 is 1.72. The van der Waals surface area contributed by atoms with Crippen molar-refractivity contribution < 1.29 is 0 Å². The summed E-state index contributed by atoms with van der Waals surface area (Å²) in [4.78, 5) is 0. The van der Waals surface area contributed by atoms with Crippen molar-refractivity contribution in [2.75, 3.05) is 5.43 Å². The van der Waals surface area contributed by atoms with Crippen LogP contribution < -0.4 is 11.3 Å². The normalized spacial score (nSPS) is 10.6. The topological polar surface area (TPSA) is 55.9 Å². The standard InChI is InChI=1S/C6H11ClN4/c1-4(2)11-6(10-8)5(7)3-9-11/h3-4,10H,8H2,1-2H3. The molecule has 0 aliphatic carbocycles. The number of halogens is 1. The summed E-state index contributed by atoms with van der Waals surface area (Å²) in [5.41, 5.74) is 2.49. The third-order valence-corrected chi connectivity index (χ3v) is 1.65. The number of aromatic nitrogens is 2. The highest BCUT2D eigenvalue weighted by molar-refractivity contribution is 6.32. The first kappa shape index (κ1) is 8.36.